The second-order valence-electron chi connectivity index (χ2n) is 4.28. The topological polar surface area (TPSA) is 66.4 Å². The molecule has 110 valence electrons. The highest BCUT2D eigenvalue weighted by Gasteiger charge is 2.13. The van der Waals surface area contributed by atoms with E-state index in [-0.39, 0.29) is 10.8 Å². The predicted molar refractivity (Wildman–Crippen MR) is 86.3 cm³/mol. The highest BCUT2D eigenvalue weighted by molar-refractivity contribution is 7.99. The molecule has 0 unspecified atom stereocenters. The van der Waals surface area contributed by atoms with Gasteiger partial charge in [0.05, 0.1) is 5.69 Å². The maximum absolute atomic E-state index is 11.8. The van der Waals surface area contributed by atoms with E-state index in [1.165, 1.54) is 4.90 Å². The van der Waals surface area contributed by atoms with E-state index in [0.29, 0.717) is 12.1 Å². The van der Waals surface area contributed by atoms with Gasteiger partial charge in [-0.3, -0.25) is 4.79 Å². The highest BCUT2D eigenvalue weighted by Crippen LogP contribution is 2.23. The third kappa shape index (κ3) is 4.91. The van der Waals surface area contributed by atoms with Crippen LogP contribution in [0.4, 0.5) is 5.69 Å². The summed E-state index contributed by atoms with van der Waals surface area (Å²) in [7, 11) is 0. The predicted octanol–water partition coefficient (Wildman–Crippen LogP) is 3.96. The third-order valence-corrected chi connectivity index (χ3v) is 4.69. The zero-order valence-electron chi connectivity index (χ0n) is 11.2. The Hall–Kier alpha value is -1.79. The molecule has 4 nitrogen and oxygen atoms in total. The molecule has 0 atom stereocenters. The van der Waals surface area contributed by atoms with Gasteiger partial charge in [0.15, 0.2) is 0 Å². The minimum atomic E-state index is -1.01. The van der Waals surface area contributed by atoms with Crippen molar-refractivity contribution in [3.8, 4) is 0 Å². The maximum Gasteiger partial charge on any atom is 0.348 e. The number of thiophene rings is 1. The Balaban J connectivity index is 1.73. The number of carbonyl (C=O) groups is 2. The van der Waals surface area contributed by atoms with E-state index in [2.05, 4.69) is 5.32 Å². The van der Waals surface area contributed by atoms with Crippen molar-refractivity contribution < 1.29 is 14.7 Å². The van der Waals surface area contributed by atoms with Gasteiger partial charge >= 0.3 is 5.97 Å². The summed E-state index contributed by atoms with van der Waals surface area (Å²) < 4.78 is 0. The molecule has 0 bridgehead atoms. The maximum atomic E-state index is 11.8. The van der Waals surface area contributed by atoms with E-state index >= 15 is 0 Å². The van der Waals surface area contributed by atoms with Crippen molar-refractivity contribution in [3.05, 3.63) is 46.7 Å². The summed E-state index contributed by atoms with van der Waals surface area (Å²) in [4.78, 5) is 24.1. The zero-order valence-corrected chi connectivity index (χ0v) is 12.9. The average Bonchev–Trinajstić information content (AvgIpc) is 2.93. The highest BCUT2D eigenvalue weighted by atomic mass is 32.2. The number of rotatable bonds is 7. The number of anilines is 1. The Morgan fingerprint density at radius 1 is 1.19 bits per heavy atom. The van der Waals surface area contributed by atoms with Crippen LogP contribution in [-0.4, -0.2) is 22.7 Å². The van der Waals surface area contributed by atoms with Gasteiger partial charge in [-0.15, -0.1) is 23.1 Å². The van der Waals surface area contributed by atoms with Crippen LogP contribution in [0.25, 0.3) is 0 Å². The van der Waals surface area contributed by atoms with Crippen molar-refractivity contribution in [3.63, 3.8) is 0 Å². The second kappa shape index (κ2) is 7.85. The van der Waals surface area contributed by atoms with Crippen molar-refractivity contribution in [1.29, 1.82) is 0 Å². The van der Waals surface area contributed by atoms with Crippen LogP contribution in [0.3, 0.4) is 0 Å². The van der Waals surface area contributed by atoms with Gasteiger partial charge in [0.25, 0.3) is 0 Å². The van der Waals surface area contributed by atoms with E-state index in [1.807, 2.05) is 30.3 Å². The molecule has 1 aromatic carbocycles. The first-order chi connectivity index (χ1) is 10.2. The number of hydrogen-bond donors (Lipinski definition) is 2. The lowest BCUT2D eigenvalue weighted by Crippen LogP contribution is -2.13. The molecule has 0 fully saturated rings. The minimum absolute atomic E-state index is 0.149. The van der Waals surface area contributed by atoms with Gasteiger partial charge < -0.3 is 10.4 Å². The van der Waals surface area contributed by atoms with Crippen LogP contribution < -0.4 is 5.32 Å². The number of carboxylic acids is 1. The van der Waals surface area contributed by atoms with Gasteiger partial charge in [-0.25, -0.2) is 4.79 Å². The third-order valence-electron chi connectivity index (χ3n) is 2.69. The second-order valence-corrected chi connectivity index (χ2v) is 6.37. The summed E-state index contributed by atoms with van der Waals surface area (Å²) in [5.41, 5.74) is 0.383. The van der Waals surface area contributed by atoms with E-state index in [1.54, 1.807) is 23.2 Å². The standard InChI is InChI=1S/C15H15NO3S2/c17-13(16-12-8-10-21-14(12)15(18)19)7-4-9-20-11-5-2-1-3-6-11/h1-3,5-6,8,10H,4,7,9H2,(H,16,17)(H,18,19). The normalized spacial score (nSPS) is 10.3. The smallest absolute Gasteiger partial charge is 0.348 e. The number of benzene rings is 1. The van der Waals surface area contributed by atoms with Crippen LogP contribution in [0.2, 0.25) is 0 Å². The quantitative estimate of drug-likeness (QED) is 0.598. The molecular formula is C15H15NO3S2. The number of amides is 1. The summed E-state index contributed by atoms with van der Waals surface area (Å²) in [5, 5.41) is 13.3. The largest absolute Gasteiger partial charge is 0.477 e. The van der Waals surface area contributed by atoms with E-state index in [0.717, 1.165) is 23.5 Å². The lowest BCUT2D eigenvalue weighted by Gasteiger charge is -2.04. The number of hydrogen-bond acceptors (Lipinski definition) is 4. The van der Waals surface area contributed by atoms with Crippen molar-refractivity contribution >= 4 is 40.7 Å². The molecule has 0 aliphatic rings. The fourth-order valence-electron chi connectivity index (χ4n) is 1.73. The molecule has 2 aromatic rings. The first-order valence-corrected chi connectivity index (χ1v) is 8.32. The van der Waals surface area contributed by atoms with Crippen molar-refractivity contribution in [1.82, 2.24) is 0 Å². The van der Waals surface area contributed by atoms with Crippen LogP contribution >= 0.6 is 23.1 Å². The summed E-state index contributed by atoms with van der Waals surface area (Å²) in [6.45, 7) is 0. The molecule has 0 saturated heterocycles. The SMILES string of the molecule is O=C(CCCSc1ccccc1)Nc1ccsc1C(=O)O. The molecule has 2 N–H and O–H groups in total. The zero-order chi connectivity index (χ0) is 15.1. The average molecular weight is 321 g/mol. The van der Waals surface area contributed by atoms with Crippen LogP contribution in [0, 0.1) is 0 Å². The monoisotopic (exact) mass is 321 g/mol. The van der Waals surface area contributed by atoms with Gasteiger partial charge in [0, 0.05) is 11.3 Å². The Morgan fingerprint density at radius 3 is 2.67 bits per heavy atom. The van der Waals surface area contributed by atoms with E-state index < -0.39 is 5.97 Å². The number of thioether (sulfide) groups is 1. The fourth-order valence-corrected chi connectivity index (χ4v) is 3.29. The lowest BCUT2D eigenvalue weighted by atomic mass is 10.3. The lowest BCUT2D eigenvalue weighted by molar-refractivity contribution is -0.116. The first-order valence-electron chi connectivity index (χ1n) is 6.45. The molecule has 0 aliphatic carbocycles. The fraction of sp³-hybridized carbons (Fsp3) is 0.200. The van der Waals surface area contributed by atoms with E-state index in [4.69, 9.17) is 5.11 Å². The Bertz CT molecular complexity index is 610. The first kappa shape index (κ1) is 15.6. The number of aromatic carboxylic acids is 1. The Labute approximate surface area is 131 Å². The van der Waals surface area contributed by atoms with Crippen molar-refractivity contribution in [2.75, 3.05) is 11.1 Å². The molecule has 6 heteroatoms. The molecule has 1 amide bonds. The molecule has 2 rings (SSSR count). The van der Waals surface area contributed by atoms with Gasteiger partial charge in [0.2, 0.25) is 5.91 Å². The molecule has 1 heterocycles. The molecule has 0 spiro atoms. The number of nitrogens with one attached hydrogen (secondary N) is 1. The van der Waals surface area contributed by atoms with Crippen LogP contribution in [0.1, 0.15) is 22.5 Å². The molecule has 0 aliphatic heterocycles. The van der Waals surface area contributed by atoms with Crippen molar-refractivity contribution in [2.24, 2.45) is 0 Å². The van der Waals surface area contributed by atoms with Crippen LogP contribution in [0.15, 0.2) is 46.7 Å². The van der Waals surface area contributed by atoms with Crippen LogP contribution in [-0.2, 0) is 4.79 Å². The van der Waals surface area contributed by atoms with E-state index in [9.17, 15) is 9.59 Å². The molecule has 0 saturated carbocycles. The summed E-state index contributed by atoms with van der Waals surface area (Å²) in [6, 6.07) is 11.6. The van der Waals surface area contributed by atoms with Crippen LogP contribution in [0.5, 0.6) is 0 Å². The van der Waals surface area contributed by atoms with Gasteiger partial charge in [-0.05, 0) is 35.8 Å². The Kier molecular flexibility index (Phi) is 5.83. The number of carboxylic acid groups (broad SMARTS) is 1. The summed E-state index contributed by atoms with van der Waals surface area (Å²) in [6.07, 6.45) is 1.13. The molecule has 0 radical (unpaired) electrons. The Morgan fingerprint density at radius 2 is 1.95 bits per heavy atom. The van der Waals surface area contributed by atoms with Crippen molar-refractivity contribution in [2.45, 2.75) is 17.7 Å². The summed E-state index contributed by atoms with van der Waals surface area (Å²) >= 11 is 2.81. The molecule has 21 heavy (non-hydrogen) atoms. The van der Waals surface area contributed by atoms with Gasteiger partial charge in [-0.2, -0.15) is 0 Å². The molecular weight excluding hydrogens is 306 g/mol. The van der Waals surface area contributed by atoms with Gasteiger partial charge in [-0.1, -0.05) is 18.2 Å². The summed E-state index contributed by atoms with van der Waals surface area (Å²) in [5.74, 6) is -0.308. The number of carbonyl (C=O) groups excluding carboxylic acids is 1. The minimum Gasteiger partial charge on any atom is -0.477 e. The molecule has 1 aromatic heterocycles. The van der Waals surface area contributed by atoms with Gasteiger partial charge in [0.1, 0.15) is 4.88 Å².